The van der Waals surface area contributed by atoms with E-state index in [0.717, 1.165) is 6.42 Å². The highest BCUT2D eigenvalue weighted by molar-refractivity contribution is 5.32. The summed E-state index contributed by atoms with van der Waals surface area (Å²) in [5.74, 6) is 0.667. The number of benzene rings is 1. The minimum Gasteiger partial charge on any atom is -0.396 e. The first kappa shape index (κ1) is 16.2. The number of hydrogen-bond acceptors (Lipinski definition) is 2. The molecule has 0 fully saturated rings. The van der Waals surface area contributed by atoms with Gasteiger partial charge in [-0.25, -0.2) is 0 Å². The Morgan fingerprint density at radius 3 is 2.00 bits per heavy atom. The van der Waals surface area contributed by atoms with E-state index in [1.165, 1.54) is 11.1 Å². The molecule has 1 aromatic rings. The quantitative estimate of drug-likeness (QED) is 0.827. The second-order valence-corrected chi connectivity index (χ2v) is 6.82. The lowest BCUT2D eigenvalue weighted by Gasteiger charge is -2.42. The van der Waals surface area contributed by atoms with Crippen LogP contribution in [0.1, 0.15) is 52.2 Å². The van der Waals surface area contributed by atoms with Crippen molar-refractivity contribution < 1.29 is 5.11 Å². The zero-order chi connectivity index (χ0) is 14.7. The second-order valence-electron chi connectivity index (χ2n) is 6.82. The van der Waals surface area contributed by atoms with Crippen LogP contribution in [0.4, 0.5) is 0 Å². The molecule has 0 aromatic heterocycles. The highest BCUT2D eigenvalue weighted by Crippen LogP contribution is 2.36. The minimum atomic E-state index is -0.366. The van der Waals surface area contributed by atoms with E-state index in [4.69, 9.17) is 5.73 Å². The molecule has 0 aliphatic heterocycles. The van der Waals surface area contributed by atoms with Crippen molar-refractivity contribution in [3.05, 3.63) is 35.4 Å². The summed E-state index contributed by atoms with van der Waals surface area (Å²) in [5, 5.41) is 9.34. The summed E-state index contributed by atoms with van der Waals surface area (Å²) in [7, 11) is 0. The van der Waals surface area contributed by atoms with Gasteiger partial charge in [0.25, 0.3) is 0 Å². The molecule has 1 aromatic carbocycles. The molecule has 19 heavy (non-hydrogen) atoms. The number of rotatable bonds is 6. The predicted octanol–water partition coefficient (Wildman–Crippen LogP) is 3.26. The van der Waals surface area contributed by atoms with Gasteiger partial charge in [-0.2, -0.15) is 0 Å². The molecule has 2 heteroatoms. The van der Waals surface area contributed by atoms with Gasteiger partial charge in [-0.1, -0.05) is 45.0 Å². The molecule has 0 amide bonds. The molecule has 0 radical (unpaired) electrons. The molecule has 3 N–H and O–H groups in total. The largest absolute Gasteiger partial charge is 0.396 e. The van der Waals surface area contributed by atoms with Crippen molar-refractivity contribution in [1.82, 2.24) is 0 Å². The SMILES string of the molecule is CC(C)Cc1ccc(C(C)(CCO)C(C)(C)N)cc1. The van der Waals surface area contributed by atoms with Gasteiger partial charge in [0.05, 0.1) is 0 Å². The smallest absolute Gasteiger partial charge is 0.0440 e. The zero-order valence-electron chi connectivity index (χ0n) is 13.0. The Morgan fingerprint density at radius 2 is 1.63 bits per heavy atom. The predicted molar refractivity (Wildman–Crippen MR) is 82.3 cm³/mol. The minimum absolute atomic E-state index is 0.158. The monoisotopic (exact) mass is 263 g/mol. The van der Waals surface area contributed by atoms with E-state index in [1.54, 1.807) is 0 Å². The zero-order valence-corrected chi connectivity index (χ0v) is 13.0. The molecular weight excluding hydrogens is 234 g/mol. The molecule has 0 bridgehead atoms. The third kappa shape index (κ3) is 3.80. The molecule has 0 aliphatic carbocycles. The maximum Gasteiger partial charge on any atom is 0.0440 e. The van der Waals surface area contributed by atoms with Crippen LogP contribution < -0.4 is 5.73 Å². The molecule has 0 saturated carbocycles. The van der Waals surface area contributed by atoms with Crippen LogP contribution >= 0.6 is 0 Å². The summed E-state index contributed by atoms with van der Waals surface area (Å²) >= 11 is 0. The molecule has 1 unspecified atom stereocenters. The Kier molecular flexibility index (Phi) is 5.17. The lowest BCUT2D eigenvalue weighted by Crippen LogP contribution is -2.52. The van der Waals surface area contributed by atoms with E-state index < -0.39 is 0 Å². The average molecular weight is 263 g/mol. The van der Waals surface area contributed by atoms with E-state index in [0.29, 0.717) is 12.3 Å². The molecule has 0 spiro atoms. The Morgan fingerprint density at radius 1 is 1.11 bits per heavy atom. The molecular formula is C17H29NO. The van der Waals surface area contributed by atoms with Crippen LogP contribution in [-0.2, 0) is 11.8 Å². The van der Waals surface area contributed by atoms with E-state index >= 15 is 0 Å². The van der Waals surface area contributed by atoms with Crippen molar-refractivity contribution in [2.75, 3.05) is 6.61 Å². The van der Waals surface area contributed by atoms with Crippen molar-refractivity contribution in [2.24, 2.45) is 11.7 Å². The standard InChI is InChI=1S/C17H29NO/c1-13(2)12-14-6-8-15(9-7-14)17(5,10-11-19)16(3,4)18/h6-9,13,19H,10-12,18H2,1-5H3. The molecule has 0 heterocycles. The van der Waals surface area contributed by atoms with E-state index in [1.807, 2.05) is 13.8 Å². The van der Waals surface area contributed by atoms with Gasteiger partial charge >= 0.3 is 0 Å². The van der Waals surface area contributed by atoms with Gasteiger partial charge in [-0.3, -0.25) is 0 Å². The van der Waals surface area contributed by atoms with Gasteiger partial charge in [-0.05, 0) is 43.7 Å². The third-order valence-corrected chi connectivity index (χ3v) is 4.27. The molecule has 1 atom stereocenters. The van der Waals surface area contributed by atoms with Gasteiger partial charge in [0.1, 0.15) is 0 Å². The number of nitrogens with two attached hydrogens (primary N) is 1. The Bertz CT molecular complexity index is 389. The highest BCUT2D eigenvalue weighted by atomic mass is 16.3. The molecule has 1 rings (SSSR count). The Labute approximate surface area is 118 Å². The summed E-state index contributed by atoms with van der Waals surface area (Å²) in [6.07, 6.45) is 1.78. The highest BCUT2D eigenvalue weighted by Gasteiger charge is 2.38. The summed E-state index contributed by atoms with van der Waals surface area (Å²) in [6.45, 7) is 10.8. The van der Waals surface area contributed by atoms with Crippen LogP contribution in [0.5, 0.6) is 0 Å². The maximum atomic E-state index is 9.34. The summed E-state index contributed by atoms with van der Waals surface area (Å²) in [4.78, 5) is 0. The lowest BCUT2D eigenvalue weighted by atomic mass is 9.66. The maximum absolute atomic E-state index is 9.34. The van der Waals surface area contributed by atoms with Crippen molar-refractivity contribution in [2.45, 2.75) is 58.4 Å². The second kappa shape index (κ2) is 6.06. The van der Waals surface area contributed by atoms with Gasteiger partial charge in [-0.15, -0.1) is 0 Å². The molecule has 0 saturated heterocycles. The van der Waals surface area contributed by atoms with Crippen molar-refractivity contribution >= 4 is 0 Å². The van der Waals surface area contributed by atoms with Crippen molar-refractivity contribution in [3.63, 3.8) is 0 Å². The van der Waals surface area contributed by atoms with Crippen LogP contribution in [-0.4, -0.2) is 17.3 Å². The van der Waals surface area contributed by atoms with Gasteiger partial charge < -0.3 is 10.8 Å². The molecule has 0 aliphatic rings. The first-order valence-electron chi connectivity index (χ1n) is 7.20. The summed E-state index contributed by atoms with van der Waals surface area (Å²) in [6, 6.07) is 8.72. The lowest BCUT2D eigenvalue weighted by molar-refractivity contribution is 0.190. The van der Waals surface area contributed by atoms with Gasteiger partial charge in [0.15, 0.2) is 0 Å². The van der Waals surface area contributed by atoms with E-state index in [-0.39, 0.29) is 17.6 Å². The third-order valence-electron chi connectivity index (χ3n) is 4.27. The Balaban J connectivity index is 3.05. The number of aliphatic hydroxyl groups excluding tert-OH is 1. The van der Waals surface area contributed by atoms with Gasteiger partial charge in [0, 0.05) is 17.6 Å². The van der Waals surface area contributed by atoms with Crippen LogP contribution in [0.25, 0.3) is 0 Å². The summed E-state index contributed by atoms with van der Waals surface area (Å²) < 4.78 is 0. The van der Waals surface area contributed by atoms with E-state index in [9.17, 15) is 5.11 Å². The van der Waals surface area contributed by atoms with Crippen LogP contribution in [0.3, 0.4) is 0 Å². The van der Waals surface area contributed by atoms with Gasteiger partial charge in [0.2, 0.25) is 0 Å². The van der Waals surface area contributed by atoms with Crippen LogP contribution in [0, 0.1) is 5.92 Å². The van der Waals surface area contributed by atoms with Crippen LogP contribution in [0.2, 0.25) is 0 Å². The first-order valence-corrected chi connectivity index (χ1v) is 7.20. The van der Waals surface area contributed by atoms with Crippen LogP contribution in [0.15, 0.2) is 24.3 Å². The molecule has 2 nitrogen and oxygen atoms in total. The molecule has 108 valence electrons. The van der Waals surface area contributed by atoms with Crippen molar-refractivity contribution in [3.8, 4) is 0 Å². The number of hydrogen-bond donors (Lipinski definition) is 2. The number of aliphatic hydroxyl groups is 1. The normalized spacial score (nSPS) is 15.6. The fraction of sp³-hybridized carbons (Fsp3) is 0.647. The fourth-order valence-corrected chi connectivity index (χ4v) is 2.54. The van der Waals surface area contributed by atoms with E-state index in [2.05, 4.69) is 45.0 Å². The topological polar surface area (TPSA) is 46.2 Å². The summed E-state index contributed by atoms with van der Waals surface area (Å²) in [5.41, 5.74) is 8.33. The first-order chi connectivity index (χ1) is 8.70. The average Bonchev–Trinajstić information content (AvgIpc) is 2.27. The van der Waals surface area contributed by atoms with Crippen molar-refractivity contribution in [1.29, 1.82) is 0 Å². The Hall–Kier alpha value is -0.860. The fourth-order valence-electron chi connectivity index (χ4n) is 2.54.